The largest absolute Gasteiger partial charge is 0.316 e. The number of nitrogens with one attached hydrogen (secondary N) is 2. The highest BCUT2D eigenvalue weighted by atomic mass is 19.1. The minimum atomic E-state index is -0.516. The molecule has 1 aromatic heterocycles. The van der Waals surface area contributed by atoms with Crippen molar-refractivity contribution in [3.05, 3.63) is 29.2 Å². The average molecular weight is 456 g/mol. The van der Waals surface area contributed by atoms with Gasteiger partial charge in [0, 0.05) is 25.4 Å². The number of nitrogens with zero attached hydrogens (tertiary/aromatic N) is 3. The molecule has 33 heavy (non-hydrogen) atoms. The third kappa shape index (κ3) is 4.30. The molecule has 3 atom stereocenters. The molecule has 3 aliphatic rings. The van der Waals surface area contributed by atoms with E-state index in [0.717, 1.165) is 57.0 Å². The van der Waals surface area contributed by atoms with Crippen molar-refractivity contribution < 1.29 is 14.0 Å². The summed E-state index contributed by atoms with van der Waals surface area (Å²) in [6.07, 6.45) is 3.85. The number of carbonyl (C=O) groups excluding carboxylic acids is 2. The smallest absolute Gasteiger partial charge is 0.235 e. The van der Waals surface area contributed by atoms with E-state index in [1.54, 1.807) is 11.7 Å². The van der Waals surface area contributed by atoms with Crippen molar-refractivity contribution in [2.75, 3.05) is 32.7 Å². The molecule has 1 unspecified atom stereocenters. The fourth-order valence-electron chi connectivity index (χ4n) is 5.99. The molecule has 1 aromatic carbocycles. The first-order valence-corrected chi connectivity index (χ1v) is 12.3. The number of imide groups is 1. The third-order valence-corrected chi connectivity index (χ3v) is 8.06. The van der Waals surface area contributed by atoms with Crippen LogP contribution in [-0.2, 0) is 16.6 Å². The molecule has 0 spiro atoms. The number of hydrogen-bond acceptors (Lipinski definition) is 5. The monoisotopic (exact) mass is 455 g/mol. The number of benzene rings is 1. The van der Waals surface area contributed by atoms with Crippen molar-refractivity contribution >= 4 is 22.7 Å². The number of hydrogen-bond donors (Lipinski definition) is 2. The zero-order valence-corrected chi connectivity index (χ0v) is 19.6. The molecular weight excluding hydrogens is 421 g/mol. The van der Waals surface area contributed by atoms with E-state index in [4.69, 9.17) is 0 Å². The van der Waals surface area contributed by atoms with Gasteiger partial charge in [-0.05, 0) is 75.2 Å². The van der Waals surface area contributed by atoms with E-state index >= 15 is 4.39 Å². The Balaban J connectivity index is 1.32. The zero-order chi connectivity index (χ0) is 23.1. The van der Waals surface area contributed by atoms with Crippen LogP contribution in [0.2, 0.25) is 0 Å². The normalized spacial score (nSPS) is 27.8. The number of fused-ring (bicyclic) bond motifs is 1. The van der Waals surface area contributed by atoms with Gasteiger partial charge < -0.3 is 10.2 Å². The van der Waals surface area contributed by atoms with Crippen molar-refractivity contribution in [1.82, 2.24) is 25.3 Å². The number of amides is 2. The number of carbonyl (C=O) groups is 2. The topological polar surface area (TPSA) is 79.3 Å². The first-order valence-electron chi connectivity index (χ1n) is 12.3. The maximum Gasteiger partial charge on any atom is 0.235 e. The Kier molecular flexibility index (Phi) is 6.22. The Bertz CT molecular complexity index is 1060. The second-order valence-corrected chi connectivity index (χ2v) is 10.2. The fraction of sp³-hybridized carbons (Fsp3) is 0.640. The van der Waals surface area contributed by atoms with Gasteiger partial charge in [-0.2, -0.15) is 5.10 Å². The summed E-state index contributed by atoms with van der Waals surface area (Å²) in [4.78, 5) is 26.4. The predicted molar refractivity (Wildman–Crippen MR) is 124 cm³/mol. The van der Waals surface area contributed by atoms with Crippen molar-refractivity contribution in [2.24, 2.45) is 18.9 Å². The van der Waals surface area contributed by atoms with Crippen LogP contribution in [0, 0.1) is 17.7 Å². The number of halogens is 1. The van der Waals surface area contributed by atoms with Gasteiger partial charge in [0.1, 0.15) is 5.52 Å². The number of aryl methyl sites for hydroxylation is 1. The average Bonchev–Trinajstić information content (AvgIpc) is 3.13. The van der Waals surface area contributed by atoms with Crippen LogP contribution < -0.4 is 10.6 Å². The van der Waals surface area contributed by atoms with Gasteiger partial charge in [-0.25, -0.2) is 4.39 Å². The van der Waals surface area contributed by atoms with Gasteiger partial charge in [-0.3, -0.25) is 19.6 Å². The molecule has 0 bridgehead atoms. The summed E-state index contributed by atoms with van der Waals surface area (Å²) in [5.74, 6) is 0.321. The number of piperidine rings is 3. The van der Waals surface area contributed by atoms with Crippen LogP contribution in [0.1, 0.15) is 62.1 Å². The Morgan fingerprint density at radius 3 is 2.67 bits per heavy atom. The molecule has 7 nitrogen and oxygen atoms in total. The van der Waals surface area contributed by atoms with E-state index in [0.29, 0.717) is 28.9 Å². The van der Waals surface area contributed by atoms with Crippen LogP contribution in [0.5, 0.6) is 0 Å². The van der Waals surface area contributed by atoms with E-state index in [1.165, 1.54) is 6.42 Å². The van der Waals surface area contributed by atoms with Crippen LogP contribution in [0.4, 0.5) is 4.39 Å². The highest BCUT2D eigenvalue weighted by Gasteiger charge is 2.33. The van der Waals surface area contributed by atoms with Crippen LogP contribution in [-0.4, -0.2) is 59.2 Å². The molecule has 5 rings (SSSR count). The van der Waals surface area contributed by atoms with Crippen molar-refractivity contribution in [2.45, 2.75) is 50.9 Å². The highest BCUT2D eigenvalue weighted by molar-refractivity contribution is 6.02. The number of rotatable bonds is 4. The summed E-state index contributed by atoms with van der Waals surface area (Å²) in [7, 11) is 1.73. The predicted octanol–water partition coefficient (Wildman–Crippen LogP) is 2.66. The van der Waals surface area contributed by atoms with E-state index in [2.05, 4.69) is 27.6 Å². The molecule has 178 valence electrons. The van der Waals surface area contributed by atoms with Crippen LogP contribution in [0.25, 0.3) is 10.9 Å². The fourth-order valence-corrected chi connectivity index (χ4v) is 5.99. The molecule has 0 saturated carbocycles. The van der Waals surface area contributed by atoms with E-state index in [-0.39, 0.29) is 30.0 Å². The van der Waals surface area contributed by atoms with Crippen molar-refractivity contribution in [3.63, 3.8) is 0 Å². The van der Waals surface area contributed by atoms with Gasteiger partial charge >= 0.3 is 0 Å². The van der Waals surface area contributed by atoms with Gasteiger partial charge in [0.15, 0.2) is 5.82 Å². The zero-order valence-electron chi connectivity index (χ0n) is 19.6. The van der Waals surface area contributed by atoms with Crippen molar-refractivity contribution in [3.8, 4) is 0 Å². The molecule has 2 aromatic rings. The summed E-state index contributed by atoms with van der Waals surface area (Å²) < 4.78 is 17.3. The Labute approximate surface area is 194 Å². The second kappa shape index (κ2) is 9.14. The summed E-state index contributed by atoms with van der Waals surface area (Å²) in [6.45, 7) is 7.72. The second-order valence-electron chi connectivity index (χ2n) is 10.2. The van der Waals surface area contributed by atoms with Gasteiger partial charge in [0.25, 0.3) is 0 Å². The number of aromatic nitrogens is 2. The molecule has 2 N–H and O–H groups in total. The van der Waals surface area contributed by atoms with Crippen LogP contribution >= 0.6 is 0 Å². The lowest BCUT2D eigenvalue weighted by Crippen LogP contribution is -2.43. The van der Waals surface area contributed by atoms with Crippen molar-refractivity contribution in [1.29, 1.82) is 0 Å². The molecule has 3 saturated heterocycles. The Hall–Kier alpha value is -2.32. The molecular formula is C25H34FN5O2. The minimum absolute atomic E-state index is 0.199. The summed E-state index contributed by atoms with van der Waals surface area (Å²) in [5, 5.41) is 11.0. The first kappa shape index (κ1) is 22.5. The van der Waals surface area contributed by atoms with Gasteiger partial charge in [0.2, 0.25) is 11.8 Å². The lowest BCUT2D eigenvalue weighted by Gasteiger charge is -2.38. The molecule has 0 aliphatic carbocycles. The third-order valence-electron chi connectivity index (χ3n) is 8.06. The number of likely N-dealkylation sites (tertiary alicyclic amines) is 1. The summed E-state index contributed by atoms with van der Waals surface area (Å²) >= 11 is 0. The molecule has 3 fully saturated rings. The quantitative estimate of drug-likeness (QED) is 0.693. The van der Waals surface area contributed by atoms with Crippen LogP contribution in [0.15, 0.2) is 12.1 Å². The summed E-state index contributed by atoms with van der Waals surface area (Å²) in [5.41, 5.74) is 1.78. The Morgan fingerprint density at radius 1 is 1.15 bits per heavy atom. The van der Waals surface area contributed by atoms with E-state index in [1.807, 2.05) is 12.1 Å². The molecule has 0 radical (unpaired) electrons. The van der Waals surface area contributed by atoms with E-state index < -0.39 is 5.92 Å². The summed E-state index contributed by atoms with van der Waals surface area (Å²) in [6, 6.07) is 3.81. The Morgan fingerprint density at radius 2 is 1.94 bits per heavy atom. The molecule has 8 heteroatoms. The minimum Gasteiger partial charge on any atom is -0.316 e. The van der Waals surface area contributed by atoms with Crippen LogP contribution in [0.3, 0.4) is 0 Å². The molecule has 3 aliphatic heterocycles. The van der Waals surface area contributed by atoms with Gasteiger partial charge in [-0.15, -0.1) is 0 Å². The van der Waals surface area contributed by atoms with Gasteiger partial charge in [0.05, 0.1) is 11.6 Å². The SMILES string of the molecule is C[C@@H]1CNCC[C@@H]1CN1CCC(c2ccc3c(C4CCC(=O)NC4=O)nn(C)c3c2F)CC1. The highest BCUT2D eigenvalue weighted by Crippen LogP contribution is 2.37. The lowest BCUT2D eigenvalue weighted by atomic mass is 9.85. The van der Waals surface area contributed by atoms with Gasteiger partial charge in [-0.1, -0.05) is 19.1 Å². The standard InChI is InChI=1S/C25H34FN5O2/c1-15-13-27-10-7-17(15)14-31-11-8-16(9-12-31)18-3-4-19-23(29-30(2)24(19)22(18)26)20-5-6-21(32)28-25(20)33/h3-4,15-17,20,27H,5-14H2,1-2H3,(H,28,32,33)/t15-,17-,20?/m1/s1. The molecule has 2 amide bonds. The maximum atomic E-state index is 15.7. The van der Waals surface area contributed by atoms with E-state index in [9.17, 15) is 9.59 Å². The first-order chi connectivity index (χ1) is 15.9. The lowest BCUT2D eigenvalue weighted by molar-refractivity contribution is -0.134. The molecule has 4 heterocycles. The maximum absolute atomic E-state index is 15.7.